The molecule has 156 valence electrons. The first kappa shape index (κ1) is 20.7. The van der Waals surface area contributed by atoms with Crippen LogP contribution in [0.5, 0.6) is 0 Å². The van der Waals surface area contributed by atoms with Crippen molar-refractivity contribution in [2.75, 3.05) is 6.54 Å². The highest BCUT2D eigenvalue weighted by molar-refractivity contribution is 6.31. The van der Waals surface area contributed by atoms with Crippen LogP contribution in [0.1, 0.15) is 35.6 Å². The standard InChI is InChI=1S/C23H19ClF3NO2/c24-19-11-10-15(13-18(19)23(25,26)27)21(28-12-4-9-20(28)22(29)30)17-8-3-6-14-5-1-2-7-16(14)17/h1-3,5-8,10-11,13,20-21H,4,9,12H2,(H,29,30). The van der Waals surface area contributed by atoms with E-state index in [9.17, 15) is 23.1 Å². The summed E-state index contributed by atoms with van der Waals surface area (Å²) in [6.45, 7) is 0.481. The van der Waals surface area contributed by atoms with Crippen LogP contribution in [-0.4, -0.2) is 28.6 Å². The lowest BCUT2D eigenvalue weighted by Crippen LogP contribution is -2.39. The summed E-state index contributed by atoms with van der Waals surface area (Å²) in [5.41, 5.74) is 0.228. The van der Waals surface area contributed by atoms with Crippen LogP contribution in [0.15, 0.2) is 60.7 Å². The number of carbonyl (C=O) groups is 1. The normalized spacial score (nSPS) is 18.6. The molecule has 2 atom stereocenters. The summed E-state index contributed by atoms with van der Waals surface area (Å²) in [5.74, 6) is -0.970. The van der Waals surface area contributed by atoms with Crippen molar-refractivity contribution in [1.82, 2.24) is 4.90 Å². The summed E-state index contributed by atoms with van der Waals surface area (Å²) in [6, 6.07) is 15.7. The van der Waals surface area contributed by atoms with E-state index < -0.39 is 29.8 Å². The first-order chi connectivity index (χ1) is 14.3. The van der Waals surface area contributed by atoms with Crippen molar-refractivity contribution in [3.8, 4) is 0 Å². The Bertz CT molecular complexity index is 1090. The molecule has 1 aliphatic heterocycles. The summed E-state index contributed by atoms with van der Waals surface area (Å²) < 4.78 is 40.6. The summed E-state index contributed by atoms with van der Waals surface area (Å²) in [4.78, 5) is 13.7. The first-order valence-electron chi connectivity index (χ1n) is 9.60. The predicted molar refractivity (Wildman–Crippen MR) is 110 cm³/mol. The van der Waals surface area contributed by atoms with Gasteiger partial charge in [-0.3, -0.25) is 9.69 Å². The Balaban J connectivity index is 1.95. The van der Waals surface area contributed by atoms with Crippen LogP contribution in [0, 0.1) is 0 Å². The second-order valence-corrected chi connectivity index (χ2v) is 7.85. The monoisotopic (exact) mass is 433 g/mol. The van der Waals surface area contributed by atoms with E-state index in [0.717, 1.165) is 22.4 Å². The van der Waals surface area contributed by atoms with Gasteiger partial charge in [-0.15, -0.1) is 0 Å². The van der Waals surface area contributed by atoms with Gasteiger partial charge in [0, 0.05) is 6.54 Å². The number of alkyl halides is 3. The summed E-state index contributed by atoms with van der Waals surface area (Å²) in [6.07, 6.45) is -3.48. The van der Waals surface area contributed by atoms with Gasteiger partial charge in [0.05, 0.1) is 16.6 Å². The average Bonchev–Trinajstić information content (AvgIpc) is 3.18. The van der Waals surface area contributed by atoms with Gasteiger partial charge in [-0.05, 0) is 46.9 Å². The van der Waals surface area contributed by atoms with E-state index in [1.165, 1.54) is 6.07 Å². The van der Waals surface area contributed by atoms with E-state index >= 15 is 0 Å². The highest BCUT2D eigenvalue weighted by Crippen LogP contribution is 2.42. The molecule has 1 heterocycles. The van der Waals surface area contributed by atoms with Crippen LogP contribution < -0.4 is 0 Å². The fourth-order valence-electron chi connectivity index (χ4n) is 4.33. The van der Waals surface area contributed by atoms with E-state index in [-0.39, 0.29) is 5.02 Å². The SMILES string of the molecule is O=C(O)C1CCCN1C(c1ccc(Cl)c(C(F)(F)F)c1)c1cccc2ccccc12. The molecule has 0 aliphatic carbocycles. The third-order valence-corrected chi connectivity index (χ3v) is 5.97. The number of hydrogen-bond donors (Lipinski definition) is 1. The summed E-state index contributed by atoms with van der Waals surface area (Å²) in [7, 11) is 0. The molecular weight excluding hydrogens is 415 g/mol. The lowest BCUT2D eigenvalue weighted by atomic mass is 9.91. The van der Waals surface area contributed by atoms with Crippen LogP contribution in [0.4, 0.5) is 13.2 Å². The van der Waals surface area contributed by atoms with Crippen LogP contribution in [0.3, 0.4) is 0 Å². The van der Waals surface area contributed by atoms with Crippen LogP contribution in [-0.2, 0) is 11.0 Å². The summed E-state index contributed by atoms with van der Waals surface area (Å²) in [5, 5.41) is 11.2. The number of nitrogens with zero attached hydrogens (tertiary/aromatic N) is 1. The molecule has 0 amide bonds. The molecular formula is C23H19ClF3NO2. The fraction of sp³-hybridized carbons (Fsp3) is 0.261. The number of rotatable bonds is 4. The van der Waals surface area contributed by atoms with E-state index in [1.807, 2.05) is 42.5 Å². The first-order valence-corrected chi connectivity index (χ1v) is 9.98. The van der Waals surface area contributed by atoms with Crippen molar-refractivity contribution < 1.29 is 23.1 Å². The molecule has 0 radical (unpaired) electrons. The second-order valence-electron chi connectivity index (χ2n) is 7.44. The van der Waals surface area contributed by atoms with Crippen LogP contribution >= 0.6 is 11.6 Å². The van der Waals surface area contributed by atoms with Gasteiger partial charge < -0.3 is 5.11 Å². The molecule has 1 fully saturated rings. The largest absolute Gasteiger partial charge is 0.480 e. The van der Waals surface area contributed by atoms with Crippen LogP contribution in [0.25, 0.3) is 10.8 Å². The molecule has 0 spiro atoms. The minimum Gasteiger partial charge on any atom is -0.480 e. The fourth-order valence-corrected chi connectivity index (χ4v) is 4.56. The van der Waals surface area contributed by atoms with Gasteiger partial charge in [-0.1, -0.05) is 60.1 Å². The molecule has 3 nitrogen and oxygen atoms in total. The Kier molecular flexibility index (Phi) is 5.47. The maximum absolute atomic E-state index is 13.5. The molecule has 1 aliphatic rings. The van der Waals surface area contributed by atoms with Crippen molar-refractivity contribution in [3.05, 3.63) is 82.4 Å². The van der Waals surface area contributed by atoms with E-state index in [1.54, 1.807) is 11.0 Å². The quantitative estimate of drug-likeness (QED) is 0.536. The molecule has 0 aromatic heterocycles. The molecule has 3 aromatic rings. The minimum absolute atomic E-state index is 0.372. The number of halogens is 4. The Morgan fingerprint density at radius 2 is 1.83 bits per heavy atom. The highest BCUT2D eigenvalue weighted by Gasteiger charge is 2.39. The Morgan fingerprint density at radius 3 is 2.57 bits per heavy atom. The van der Waals surface area contributed by atoms with Gasteiger partial charge in [-0.25, -0.2) is 0 Å². The molecule has 0 bridgehead atoms. The van der Waals surface area contributed by atoms with Crippen molar-refractivity contribution in [3.63, 3.8) is 0 Å². The Morgan fingerprint density at radius 1 is 1.10 bits per heavy atom. The van der Waals surface area contributed by atoms with E-state index in [4.69, 9.17) is 11.6 Å². The number of hydrogen-bond acceptors (Lipinski definition) is 2. The molecule has 0 saturated carbocycles. The average molecular weight is 434 g/mol. The third-order valence-electron chi connectivity index (χ3n) is 5.64. The van der Waals surface area contributed by atoms with Crippen molar-refractivity contribution in [1.29, 1.82) is 0 Å². The lowest BCUT2D eigenvalue weighted by Gasteiger charge is -2.33. The summed E-state index contributed by atoms with van der Waals surface area (Å²) >= 11 is 5.84. The zero-order valence-corrected chi connectivity index (χ0v) is 16.6. The molecule has 1 saturated heterocycles. The number of carboxylic acid groups (broad SMARTS) is 1. The van der Waals surface area contributed by atoms with Gasteiger partial charge in [0.15, 0.2) is 0 Å². The Labute approximate surface area is 176 Å². The maximum Gasteiger partial charge on any atom is 0.417 e. The zero-order chi connectivity index (χ0) is 21.5. The lowest BCUT2D eigenvalue weighted by molar-refractivity contribution is -0.143. The maximum atomic E-state index is 13.5. The molecule has 7 heteroatoms. The predicted octanol–water partition coefficient (Wildman–Crippen LogP) is 6.15. The molecule has 4 rings (SSSR count). The number of aliphatic carboxylic acids is 1. The second kappa shape index (κ2) is 7.93. The number of carboxylic acids is 1. The van der Waals surface area contributed by atoms with Crippen LogP contribution in [0.2, 0.25) is 5.02 Å². The smallest absolute Gasteiger partial charge is 0.417 e. The highest BCUT2D eigenvalue weighted by atomic mass is 35.5. The molecule has 30 heavy (non-hydrogen) atoms. The Hall–Kier alpha value is -2.57. The number of likely N-dealkylation sites (tertiary alicyclic amines) is 1. The minimum atomic E-state index is -4.60. The molecule has 3 aromatic carbocycles. The third kappa shape index (κ3) is 3.77. The van der Waals surface area contributed by atoms with Gasteiger partial charge in [0.2, 0.25) is 0 Å². The molecule has 1 N–H and O–H groups in total. The van der Waals surface area contributed by atoms with Gasteiger partial charge in [0.1, 0.15) is 6.04 Å². The van der Waals surface area contributed by atoms with Gasteiger partial charge in [-0.2, -0.15) is 13.2 Å². The van der Waals surface area contributed by atoms with Crippen molar-refractivity contribution in [2.24, 2.45) is 0 Å². The zero-order valence-electron chi connectivity index (χ0n) is 15.9. The van der Waals surface area contributed by atoms with Crippen molar-refractivity contribution in [2.45, 2.75) is 31.1 Å². The van der Waals surface area contributed by atoms with Crippen molar-refractivity contribution >= 4 is 28.3 Å². The molecule has 2 unspecified atom stereocenters. The topological polar surface area (TPSA) is 40.5 Å². The van der Waals surface area contributed by atoms with Gasteiger partial charge in [0.25, 0.3) is 0 Å². The number of fused-ring (bicyclic) bond motifs is 1. The number of benzene rings is 3. The van der Waals surface area contributed by atoms with E-state index in [0.29, 0.717) is 24.9 Å². The van der Waals surface area contributed by atoms with E-state index in [2.05, 4.69) is 0 Å². The van der Waals surface area contributed by atoms with Gasteiger partial charge >= 0.3 is 12.1 Å².